The van der Waals surface area contributed by atoms with E-state index in [0.29, 0.717) is 9.68 Å². The van der Waals surface area contributed by atoms with Gasteiger partial charge < -0.3 is 0 Å². The SMILES string of the molecule is ClC[s+]1ccnc1Cl. The molecule has 0 N–H and O–H groups in total. The van der Waals surface area contributed by atoms with Gasteiger partial charge in [-0.25, -0.2) is 0 Å². The molecule has 4 heteroatoms. The Balaban J connectivity index is 2.92. The van der Waals surface area contributed by atoms with Crippen LogP contribution in [0.3, 0.4) is 0 Å². The number of nitrogens with zero attached hydrogens (tertiary/aromatic N) is 1. The number of aromatic nitrogens is 1. The molecule has 1 nitrogen and oxygen atoms in total. The summed E-state index contributed by atoms with van der Waals surface area (Å²) in [5, 5.41) is 2.47. The highest BCUT2D eigenvalue weighted by Gasteiger charge is 2.08. The third-order valence-electron chi connectivity index (χ3n) is 0.735. The Morgan fingerprint density at radius 1 is 1.75 bits per heavy atom. The van der Waals surface area contributed by atoms with Gasteiger partial charge in [0, 0.05) is 10.5 Å². The second kappa shape index (κ2) is 2.67. The Bertz CT molecular complexity index is 174. The van der Waals surface area contributed by atoms with Gasteiger partial charge >= 0.3 is 4.47 Å². The van der Waals surface area contributed by atoms with Gasteiger partial charge in [0.05, 0.1) is 6.20 Å². The van der Waals surface area contributed by atoms with Gasteiger partial charge in [0.1, 0.15) is 0 Å². The lowest BCUT2D eigenvalue weighted by molar-refractivity contribution is 1.42. The highest BCUT2D eigenvalue weighted by molar-refractivity contribution is 7.34. The van der Waals surface area contributed by atoms with E-state index in [4.69, 9.17) is 23.2 Å². The summed E-state index contributed by atoms with van der Waals surface area (Å²) in [6.45, 7) is 0. The molecule has 1 heterocycles. The van der Waals surface area contributed by atoms with Crippen LogP contribution in [0.15, 0.2) is 11.6 Å². The lowest BCUT2D eigenvalue weighted by Gasteiger charge is -1.72. The quantitative estimate of drug-likeness (QED) is 0.465. The van der Waals surface area contributed by atoms with E-state index in [0.717, 1.165) is 0 Å². The summed E-state index contributed by atoms with van der Waals surface area (Å²) in [5.74, 6) is 0. The first-order chi connectivity index (χ1) is 3.84. The Hall–Kier alpha value is 0.210. The number of thiazole rings is 1. The summed E-state index contributed by atoms with van der Waals surface area (Å²) in [7, 11) is -0.0787. The van der Waals surface area contributed by atoms with Crippen LogP contribution < -0.4 is 0 Å². The molecule has 1 atom stereocenters. The largest absolute Gasteiger partial charge is 0.338 e. The molecule has 8 heavy (non-hydrogen) atoms. The first-order valence-electron chi connectivity index (χ1n) is 2.00. The molecule has 1 aromatic heterocycles. The summed E-state index contributed by atoms with van der Waals surface area (Å²) in [5.41, 5.74) is 0. The first-order valence-corrected chi connectivity index (χ1v) is 4.37. The number of hydrogen-bond donors (Lipinski definition) is 0. The molecule has 0 spiro atoms. The minimum absolute atomic E-state index is 0.0787. The highest BCUT2D eigenvalue weighted by Crippen LogP contribution is 2.28. The predicted octanol–water partition coefficient (Wildman–Crippen LogP) is 2.68. The van der Waals surface area contributed by atoms with Crippen molar-refractivity contribution in [1.82, 2.24) is 4.98 Å². The van der Waals surface area contributed by atoms with Gasteiger partial charge in [-0.15, -0.1) is 0 Å². The van der Waals surface area contributed by atoms with Crippen LogP contribution in [0.1, 0.15) is 0 Å². The number of hydrogen-bond acceptors (Lipinski definition) is 1. The van der Waals surface area contributed by atoms with E-state index >= 15 is 0 Å². The zero-order valence-corrected chi connectivity index (χ0v) is 6.30. The first kappa shape index (κ1) is 6.33. The average Bonchev–Trinajstić information content (AvgIpc) is 2.14. The van der Waals surface area contributed by atoms with Gasteiger partial charge in [0.25, 0.3) is 0 Å². The van der Waals surface area contributed by atoms with Crippen LogP contribution in [0.2, 0.25) is 4.47 Å². The van der Waals surface area contributed by atoms with E-state index in [1.165, 1.54) is 0 Å². The fourth-order valence-electron chi connectivity index (χ4n) is 0.368. The van der Waals surface area contributed by atoms with Crippen molar-refractivity contribution in [2.24, 2.45) is 0 Å². The van der Waals surface area contributed by atoms with Crippen LogP contribution in [-0.4, -0.2) is 4.98 Å². The van der Waals surface area contributed by atoms with Gasteiger partial charge in [-0.05, 0) is 11.6 Å². The van der Waals surface area contributed by atoms with Crippen LogP contribution in [0.5, 0.6) is 0 Å². The van der Waals surface area contributed by atoms with Gasteiger partial charge in [-0.2, -0.15) is 4.98 Å². The molecule has 0 saturated heterocycles. The van der Waals surface area contributed by atoms with Crippen molar-refractivity contribution in [3.63, 3.8) is 0 Å². The summed E-state index contributed by atoms with van der Waals surface area (Å²) < 4.78 is 0.625. The Kier molecular flexibility index (Phi) is 2.11. The standard InChI is InChI=1S/C4H4Cl2NS/c5-3-8-2-1-7-4(8)6/h1-2H,3H2/q+1. The monoisotopic (exact) mass is 168 g/mol. The zero-order valence-electron chi connectivity index (χ0n) is 3.97. The molecule has 1 rings (SSSR count). The van der Waals surface area contributed by atoms with Crippen LogP contribution in [-0.2, 0) is 5.21 Å². The third-order valence-corrected chi connectivity index (χ3v) is 3.36. The molecule has 0 aliphatic heterocycles. The average molecular weight is 169 g/mol. The molecule has 0 fully saturated rings. The van der Waals surface area contributed by atoms with Crippen molar-refractivity contribution >= 4 is 33.7 Å². The lowest BCUT2D eigenvalue weighted by atomic mass is 11.0. The maximum Gasteiger partial charge on any atom is 0.338 e. The molecular formula is C4H4Cl2NS+. The Morgan fingerprint density at radius 3 is 2.75 bits per heavy atom. The van der Waals surface area contributed by atoms with E-state index in [9.17, 15) is 0 Å². The second-order valence-electron chi connectivity index (χ2n) is 1.21. The second-order valence-corrected chi connectivity index (χ2v) is 4.18. The van der Waals surface area contributed by atoms with Crippen LogP contribution >= 0.6 is 33.7 Å². The van der Waals surface area contributed by atoms with Gasteiger partial charge in [-0.3, -0.25) is 0 Å². The third kappa shape index (κ3) is 1.13. The van der Waals surface area contributed by atoms with Crippen molar-refractivity contribution in [1.29, 1.82) is 0 Å². The molecule has 0 aromatic carbocycles. The minimum atomic E-state index is -0.0787. The van der Waals surface area contributed by atoms with Crippen LogP contribution in [0.4, 0.5) is 0 Å². The number of alkyl halides is 1. The lowest BCUT2D eigenvalue weighted by Crippen LogP contribution is -1.56. The molecule has 1 unspecified atom stereocenters. The van der Waals surface area contributed by atoms with E-state index in [1.54, 1.807) is 6.20 Å². The van der Waals surface area contributed by atoms with Crippen LogP contribution in [0.25, 0.3) is 0 Å². The maximum absolute atomic E-state index is 5.59. The van der Waals surface area contributed by atoms with Gasteiger partial charge in [0.15, 0.2) is 5.38 Å². The summed E-state index contributed by atoms with van der Waals surface area (Å²) in [4.78, 5) is 3.82. The molecule has 0 aliphatic rings. The molecular weight excluding hydrogens is 165 g/mol. The van der Waals surface area contributed by atoms with Crippen molar-refractivity contribution < 1.29 is 0 Å². The van der Waals surface area contributed by atoms with Crippen molar-refractivity contribution in [3.8, 4) is 0 Å². The topological polar surface area (TPSA) is 12.9 Å². The van der Waals surface area contributed by atoms with E-state index < -0.39 is 0 Å². The maximum atomic E-state index is 5.59. The van der Waals surface area contributed by atoms with Gasteiger partial charge in [-0.1, -0.05) is 11.6 Å². The zero-order chi connectivity index (χ0) is 5.98. The minimum Gasteiger partial charge on any atom is -0.190 e. The normalized spacial score (nSPS) is 12.0. The Morgan fingerprint density at radius 2 is 2.50 bits per heavy atom. The molecule has 0 amide bonds. The van der Waals surface area contributed by atoms with Gasteiger partial charge in [0.2, 0.25) is 5.21 Å². The molecule has 44 valence electrons. The Labute approximate surface area is 60.2 Å². The van der Waals surface area contributed by atoms with Crippen molar-refractivity contribution in [2.45, 2.75) is 5.21 Å². The molecule has 0 radical (unpaired) electrons. The highest BCUT2D eigenvalue weighted by atomic mass is 35.5. The van der Waals surface area contributed by atoms with E-state index in [-0.39, 0.29) is 10.5 Å². The molecule has 0 saturated carbocycles. The summed E-state index contributed by atoms with van der Waals surface area (Å²) >= 11 is 11.1. The summed E-state index contributed by atoms with van der Waals surface area (Å²) in [6, 6.07) is 0. The summed E-state index contributed by atoms with van der Waals surface area (Å²) in [6.07, 6.45) is 1.69. The molecule has 1 aromatic rings. The smallest absolute Gasteiger partial charge is 0.190 e. The number of rotatable bonds is 1. The van der Waals surface area contributed by atoms with E-state index in [2.05, 4.69) is 4.98 Å². The van der Waals surface area contributed by atoms with Crippen LogP contribution in [0, 0.1) is 0 Å². The fraction of sp³-hybridized carbons (Fsp3) is 0.250. The molecule has 0 aliphatic carbocycles. The number of halogens is 2. The van der Waals surface area contributed by atoms with Crippen molar-refractivity contribution in [3.05, 3.63) is 16.0 Å². The van der Waals surface area contributed by atoms with Crippen molar-refractivity contribution in [2.75, 3.05) is 0 Å². The van der Waals surface area contributed by atoms with E-state index in [1.807, 2.05) is 5.38 Å². The molecule has 0 bridgehead atoms. The predicted molar refractivity (Wildman–Crippen MR) is 37.6 cm³/mol. The fourth-order valence-corrected chi connectivity index (χ4v) is 2.12.